The molecule has 23 heavy (non-hydrogen) atoms. The second-order valence-corrected chi connectivity index (χ2v) is 5.41. The van der Waals surface area contributed by atoms with Gasteiger partial charge < -0.3 is 9.84 Å². The number of carboxylic acid groups (broad SMARTS) is 1. The van der Waals surface area contributed by atoms with Gasteiger partial charge in [-0.05, 0) is 22.8 Å². The van der Waals surface area contributed by atoms with E-state index in [-0.39, 0.29) is 12.8 Å². The number of carboxylic acids is 1. The largest absolute Gasteiger partial charge is 0.478 e. The number of esters is 1. The highest BCUT2D eigenvalue weighted by Crippen LogP contribution is 2.30. The second-order valence-electron chi connectivity index (χ2n) is 5.01. The summed E-state index contributed by atoms with van der Waals surface area (Å²) in [7, 11) is 0. The Hall–Kier alpha value is -2.33. The monoisotopic (exact) mass is 332 g/mol. The zero-order chi connectivity index (χ0) is 16.8. The van der Waals surface area contributed by atoms with Gasteiger partial charge in [0.2, 0.25) is 6.10 Å². The second kappa shape index (κ2) is 7.79. The number of benzene rings is 2. The number of aliphatic carboxylic acids is 1. The molecular formula is C18H17ClO4. The van der Waals surface area contributed by atoms with Crippen LogP contribution in [0.1, 0.15) is 18.9 Å². The number of ether oxygens (including phenoxy) is 1. The van der Waals surface area contributed by atoms with Crippen LogP contribution in [-0.4, -0.2) is 23.1 Å². The molecule has 120 valence electrons. The van der Waals surface area contributed by atoms with Crippen molar-refractivity contribution in [2.45, 2.75) is 25.9 Å². The van der Waals surface area contributed by atoms with Crippen molar-refractivity contribution >= 4 is 23.5 Å². The molecule has 0 bridgehead atoms. The van der Waals surface area contributed by atoms with Crippen molar-refractivity contribution in [2.24, 2.45) is 0 Å². The van der Waals surface area contributed by atoms with Gasteiger partial charge >= 0.3 is 11.9 Å². The summed E-state index contributed by atoms with van der Waals surface area (Å²) < 4.78 is 5.01. The minimum atomic E-state index is -1.26. The van der Waals surface area contributed by atoms with E-state index in [1.54, 1.807) is 13.0 Å². The lowest BCUT2D eigenvalue weighted by Crippen LogP contribution is -2.29. The topological polar surface area (TPSA) is 63.6 Å². The van der Waals surface area contributed by atoms with Crippen molar-refractivity contribution in [1.29, 1.82) is 0 Å². The molecule has 0 aliphatic heterocycles. The zero-order valence-electron chi connectivity index (χ0n) is 12.7. The number of carbonyl (C=O) groups excluding carboxylic acids is 1. The highest BCUT2D eigenvalue weighted by molar-refractivity contribution is 6.31. The van der Waals surface area contributed by atoms with Crippen LogP contribution in [0.5, 0.6) is 0 Å². The van der Waals surface area contributed by atoms with E-state index in [1.807, 2.05) is 42.5 Å². The molecule has 0 aliphatic carbocycles. The van der Waals surface area contributed by atoms with Gasteiger partial charge in [-0.1, -0.05) is 61.0 Å². The molecule has 1 unspecified atom stereocenters. The van der Waals surface area contributed by atoms with Crippen LogP contribution in [0.4, 0.5) is 0 Å². The van der Waals surface area contributed by atoms with E-state index in [1.165, 1.54) is 0 Å². The van der Waals surface area contributed by atoms with Crippen LogP contribution in [0, 0.1) is 0 Å². The predicted octanol–water partition coefficient (Wildman–Crippen LogP) is 3.96. The van der Waals surface area contributed by atoms with Crippen LogP contribution in [0.15, 0.2) is 48.5 Å². The molecule has 5 heteroatoms. The molecule has 1 atom stereocenters. The molecule has 0 heterocycles. The lowest BCUT2D eigenvalue weighted by molar-refractivity contribution is -0.163. The summed E-state index contributed by atoms with van der Waals surface area (Å²) in [4.78, 5) is 22.8. The van der Waals surface area contributed by atoms with Crippen LogP contribution >= 0.6 is 11.6 Å². The third-order valence-electron chi connectivity index (χ3n) is 3.43. The SMILES string of the molecule is CCC(=O)OC(Cc1c(Cl)cccc1-c1ccccc1)C(=O)O. The Labute approximate surface area is 139 Å². The van der Waals surface area contributed by atoms with Crippen molar-refractivity contribution in [3.8, 4) is 11.1 Å². The molecule has 0 aliphatic rings. The molecule has 4 nitrogen and oxygen atoms in total. The van der Waals surface area contributed by atoms with Crippen LogP contribution in [0.3, 0.4) is 0 Å². The lowest BCUT2D eigenvalue weighted by atomic mass is 9.95. The summed E-state index contributed by atoms with van der Waals surface area (Å²) in [5.41, 5.74) is 2.41. The maximum atomic E-state index is 11.4. The molecule has 2 rings (SSSR count). The van der Waals surface area contributed by atoms with E-state index >= 15 is 0 Å². The van der Waals surface area contributed by atoms with Crippen molar-refractivity contribution in [1.82, 2.24) is 0 Å². The number of hydrogen-bond donors (Lipinski definition) is 1. The fourth-order valence-electron chi connectivity index (χ4n) is 2.26. The summed E-state index contributed by atoms with van der Waals surface area (Å²) in [6, 6.07) is 14.9. The molecule has 0 amide bonds. The molecule has 2 aromatic rings. The third kappa shape index (κ3) is 4.33. The smallest absolute Gasteiger partial charge is 0.345 e. The highest BCUT2D eigenvalue weighted by Gasteiger charge is 2.24. The summed E-state index contributed by atoms with van der Waals surface area (Å²) in [6.45, 7) is 1.62. The van der Waals surface area contributed by atoms with E-state index in [4.69, 9.17) is 16.3 Å². The molecule has 0 spiro atoms. The first-order valence-corrected chi connectivity index (χ1v) is 7.65. The molecule has 0 saturated heterocycles. The number of rotatable bonds is 6. The number of halogens is 1. The fraction of sp³-hybridized carbons (Fsp3) is 0.222. The lowest BCUT2D eigenvalue weighted by Gasteiger charge is -2.17. The molecule has 0 radical (unpaired) electrons. The maximum Gasteiger partial charge on any atom is 0.345 e. The third-order valence-corrected chi connectivity index (χ3v) is 3.79. The van der Waals surface area contributed by atoms with Crippen molar-refractivity contribution < 1.29 is 19.4 Å². The summed E-state index contributed by atoms with van der Waals surface area (Å²) in [5, 5.41) is 9.76. The van der Waals surface area contributed by atoms with E-state index in [9.17, 15) is 14.7 Å². The molecule has 2 aromatic carbocycles. The molecule has 0 aromatic heterocycles. The minimum absolute atomic E-state index is 0.0188. The van der Waals surface area contributed by atoms with Gasteiger partial charge in [-0.25, -0.2) is 4.79 Å². The predicted molar refractivity (Wildman–Crippen MR) is 88.4 cm³/mol. The Balaban J connectivity index is 2.38. The van der Waals surface area contributed by atoms with Crippen LogP contribution in [-0.2, 0) is 20.7 Å². The average Bonchev–Trinajstić information content (AvgIpc) is 2.56. The van der Waals surface area contributed by atoms with Crippen LogP contribution in [0.2, 0.25) is 5.02 Å². The Morgan fingerprint density at radius 1 is 1.13 bits per heavy atom. The Kier molecular flexibility index (Phi) is 5.77. The van der Waals surface area contributed by atoms with Crippen LogP contribution < -0.4 is 0 Å². The Bertz CT molecular complexity index is 697. The number of hydrogen-bond acceptors (Lipinski definition) is 3. The van der Waals surface area contributed by atoms with Gasteiger partial charge in [0.25, 0.3) is 0 Å². The van der Waals surface area contributed by atoms with Crippen molar-refractivity contribution in [2.75, 3.05) is 0 Å². The summed E-state index contributed by atoms with van der Waals surface area (Å²) in [6.07, 6.45) is -1.12. The van der Waals surface area contributed by atoms with Gasteiger partial charge in [-0.3, -0.25) is 4.79 Å². The van der Waals surface area contributed by atoms with E-state index in [0.29, 0.717) is 10.6 Å². The maximum absolute atomic E-state index is 11.4. The molecule has 0 fully saturated rings. The normalized spacial score (nSPS) is 11.7. The van der Waals surface area contributed by atoms with Crippen LogP contribution in [0.25, 0.3) is 11.1 Å². The van der Waals surface area contributed by atoms with E-state index in [2.05, 4.69) is 0 Å². The van der Waals surface area contributed by atoms with Gasteiger partial charge in [-0.2, -0.15) is 0 Å². The highest BCUT2D eigenvalue weighted by atomic mass is 35.5. The summed E-state index contributed by atoms with van der Waals surface area (Å²) in [5.74, 6) is -1.74. The molecule has 0 saturated carbocycles. The van der Waals surface area contributed by atoms with Gasteiger partial charge in [0.05, 0.1) is 0 Å². The standard InChI is InChI=1S/C18H17ClO4/c1-2-17(20)23-16(18(21)22)11-14-13(9-6-10-15(14)19)12-7-4-3-5-8-12/h3-10,16H,2,11H2,1H3,(H,21,22). The molecule has 1 N–H and O–H groups in total. The minimum Gasteiger partial charge on any atom is -0.478 e. The fourth-order valence-corrected chi connectivity index (χ4v) is 2.51. The van der Waals surface area contributed by atoms with Gasteiger partial charge in [0.1, 0.15) is 0 Å². The quantitative estimate of drug-likeness (QED) is 0.813. The average molecular weight is 333 g/mol. The van der Waals surface area contributed by atoms with Crippen molar-refractivity contribution in [3.05, 3.63) is 59.1 Å². The first kappa shape index (κ1) is 17.0. The first-order chi connectivity index (χ1) is 11.0. The molecular weight excluding hydrogens is 316 g/mol. The van der Waals surface area contributed by atoms with Gasteiger partial charge in [0, 0.05) is 17.9 Å². The Morgan fingerprint density at radius 2 is 1.83 bits per heavy atom. The van der Waals surface area contributed by atoms with Gasteiger partial charge in [0.15, 0.2) is 0 Å². The van der Waals surface area contributed by atoms with Gasteiger partial charge in [-0.15, -0.1) is 0 Å². The Morgan fingerprint density at radius 3 is 2.43 bits per heavy atom. The summed E-state index contributed by atoms with van der Waals surface area (Å²) >= 11 is 6.27. The number of carbonyl (C=O) groups is 2. The van der Waals surface area contributed by atoms with E-state index in [0.717, 1.165) is 11.1 Å². The van der Waals surface area contributed by atoms with E-state index < -0.39 is 18.0 Å². The zero-order valence-corrected chi connectivity index (χ0v) is 13.4. The van der Waals surface area contributed by atoms with Crippen molar-refractivity contribution in [3.63, 3.8) is 0 Å². The first-order valence-electron chi connectivity index (χ1n) is 7.28.